The summed E-state index contributed by atoms with van der Waals surface area (Å²) in [6.07, 6.45) is 1.97. The fourth-order valence-electron chi connectivity index (χ4n) is 4.20. The summed E-state index contributed by atoms with van der Waals surface area (Å²) in [5.74, 6) is 12.7. The molecule has 2 heterocycles. The van der Waals surface area contributed by atoms with Crippen LogP contribution in [0.15, 0.2) is 52.1 Å². The van der Waals surface area contributed by atoms with Crippen LogP contribution in [-0.2, 0) is 4.79 Å². The standard InChI is InChI=1S/C23H28N6O2/c1-14(2)23(30)29-11-9-16(10-12-29)15-3-5-17(6-4-15)21-19-13-18(22(26-24)27-25)7-8-20(19)28-31-21/h3-8,13-14,16H,9-12,24-25H2,1-2H3,(H,26,27). The summed E-state index contributed by atoms with van der Waals surface area (Å²) in [5.41, 5.74) is 6.23. The molecule has 0 radical (unpaired) electrons. The highest BCUT2D eigenvalue weighted by Gasteiger charge is 2.25. The topological polar surface area (TPSA) is 123 Å². The maximum absolute atomic E-state index is 12.2. The molecule has 3 aromatic rings. The number of likely N-dealkylation sites (tertiary alicyclic amines) is 1. The summed E-state index contributed by atoms with van der Waals surface area (Å²) in [4.78, 5) is 14.2. The van der Waals surface area contributed by atoms with Gasteiger partial charge in [-0.05, 0) is 42.5 Å². The summed E-state index contributed by atoms with van der Waals surface area (Å²) < 4.78 is 5.63. The van der Waals surface area contributed by atoms with Gasteiger partial charge in [-0.25, -0.2) is 5.84 Å². The number of rotatable bonds is 4. The molecule has 0 spiro atoms. The van der Waals surface area contributed by atoms with Crippen LogP contribution in [0.1, 0.15) is 43.7 Å². The quantitative estimate of drug-likeness (QED) is 0.258. The Hall–Kier alpha value is -3.39. The van der Waals surface area contributed by atoms with Crippen molar-refractivity contribution in [3.8, 4) is 11.3 Å². The van der Waals surface area contributed by atoms with Crippen LogP contribution in [0.4, 0.5) is 0 Å². The molecule has 1 amide bonds. The maximum Gasteiger partial charge on any atom is 0.225 e. The van der Waals surface area contributed by atoms with Gasteiger partial charge in [-0.15, -0.1) is 0 Å². The minimum Gasteiger partial charge on any atom is -0.355 e. The SMILES string of the molecule is CC(C)C(=O)N1CCC(c2ccc(-c3onc4ccc(/C(=N/N)NN)cc34)cc2)CC1. The van der Waals surface area contributed by atoms with E-state index in [0.29, 0.717) is 17.5 Å². The van der Waals surface area contributed by atoms with Gasteiger partial charge in [0.1, 0.15) is 5.52 Å². The second-order valence-corrected chi connectivity index (χ2v) is 8.24. The van der Waals surface area contributed by atoms with Crippen molar-refractivity contribution in [2.75, 3.05) is 13.1 Å². The van der Waals surface area contributed by atoms with Gasteiger partial charge < -0.3 is 20.7 Å². The lowest BCUT2D eigenvalue weighted by Crippen LogP contribution is -2.40. The number of hydrazine groups is 1. The Morgan fingerprint density at radius 1 is 1.19 bits per heavy atom. The molecule has 31 heavy (non-hydrogen) atoms. The molecular weight excluding hydrogens is 392 g/mol. The van der Waals surface area contributed by atoms with Crippen LogP contribution in [0.2, 0.25) is 0 Å². The Balaban J connectivity index is 1.53. The van der Waals surface area contributed by atoms with Gasteiger partial charge in [0.25, 0.3) is 0 Å². The molecule has 1 aromatic heterocycles. The third-order valence-corrected chi connectivity index (χ3v) is 5.96. The number of amidine groups is 1. The van der Waals surface area contributed by atoms with Crippen molar-refractivity contribution in [2.45, 2.75) is 32.6 Å². The van der Waals surface area contributed by atoms with Gasteiger partial charge in [-0.3, -0.25) is 4.79 Å². The van der Waals surface area contributed by atoms with Crippen molar-refractivity contribution < 1.29 is 9.32 Å². The van der Waals surface area contributed by atoms with E-state index in [9.17, 15) is 4.79 Å². The predicted molar refractivity (Wildman–Crippen MR) is 121 cm³/mol. The molecule has 0 atom stereocenters. The Labute approximate surface area is 181 Å². The van der Waals surface area contributed by atoms with Gasteiger partial charge in [0.2, 0.25) is 5.91 Å². The lowest BCUT2D eigenvalue weighted by molar-refractivity contribution is -0.135. The van der Waals surface area contributed by atoms with Gasteiger partial charge in [-0.2, -0.15) is 5.10 Å². The van der Waals surface area contributed by atoms with Crippen molar-refractivity contribution >= 4 is 22.6 Å². The normalized spacial score (nSPS) is 15.6. The van der Waals surface area contributed by atoms with E-state index in [4.69, 9.17) is 16.2 Å². The Kier molecular flexibility index (Phi) is 5.90. The fraction of sp³-hybridized carbons (Fsp3) is 0.348. The first-order chi connectivity index (χ1) is 15.0. The van der Waals surface area contributed by atoms with E-state index < -0.39 is 0 Å². The zero-order valence-electron chi connectivity index (χ0n) is 17.8. The van der Waals surface area contributed by atoms with Crippen molar-refractivity contribution in [1.82, 2.24) is 15.5 Å². The average Bonchev–Trinajstić information content (AvgIpc) is 3.23. The van der Waals surface area contributed by atoms with E-state index in [1.165, 1.54) is 5.56 Å². The summed E-state index contributed by atoms with van der Waals surface area (Å²) in [6.45, 7) is 5.55. The largest absolute Gasteiger partial charge is 0.355 e. The minimum atomic E-state index is 0.0564. The third kappa shape index (κ3) is 4.11. The van der Waals surface area contributed by atoms with Crippen LogP contribution in [0, 0.1) is 5.92 Å². The summed E-state index contributed by atoms with van der Waals surface area (Å²) in [5, 5.41) is 8.69. The van der Waals surface area contributed by atoms with Crippen LogP contribution in [-0.4, -0.2) is 34.9 Å². The second kappa shape index (κ2) is 8.77. The highest BCUT2D eigenvalue weighted by Crippen LogP contribution is 2.33. The number of piperidine rings is 1. The Morgan fingerprint density at radius 3 is 2.52 bits per heavy atom. The number of carbonyl (C=O) groups is 1. The third-order valence-electron chi connectivity index (χ3n) is 5.96. The van der Waals surface area contributed by atoms with Gasteiger partial charge in [0.15, 0.2) is 11.6 Å². The van der Waals surface area contributed by atoms with Crippen LogP contribution in [0.5, 0.6) is 0 Å². The van der Waals surface area contributed by atoms with Crippen LogP contribution < -0.4 is 17.1 Å². The molecule has 162 valence electrons. The first-order valence-corrected chi connectivity index (χ1v) is 10.5. The molecule has 2 aromatic carbocycles. The van der Waals surface area contributed by atoms with Gasteiger partial charge in [0, 0.05) is 30.1 Å². The smallest absolute Gasteiger partial charge is 0.225 e. The first kappa shape index (κ1) is 20.9. The van der Waals surface area contributed by atoms with E-state index >= 15 is 0 Å². The lowest BCUT2D eigenvalue weighted by atomic mass is 9.88. The first-order valence-electron chi connectivity index (χ1n) is 10.5. The molecule has 1 aliphatic heterocycles. The van der Waals surface area contributed by atoms with Crippen LogP contribution >= 0.6 is 0 Å². The fourth-order valence-corrected chi connectivity index (χ4v) is 4.20. The van der Waals surface area contributed by atoms with Crippen molar-refractivity contribution in [1.29, 1.82) is 0 Å². The Morgan fingerprint density at radius 2 is 1.90 bits per heavy atom. The molecule has 8 nitrogen and oxygen atoms in total. The van der Waals surface area contributed by atoms with E-state index in [0.717, 1.165) is 48.0 Å². The Bertz CT molecular complexity index is 1090. The molecule has 1 fully saturated rings. The van der Waals surface area contributed by atoms with E-state index in [1.807, 2.05) is 36.9 Å². The molecule has 0 saturated carbocycles. The number of nitrogens with one attached hydrogen (secondary N) is 1. The summed E-state index contributed by atoms with van der Waals surface area (Å²) >= 11 is 0. The highest BCUT2D eigenvalue weighted by atomic mass is 16.5. The lowest BCUT2D eigenvalue weighted by Gasteiger charge is -2.33. The number of hydrogen-bond donors (Lipinski definition) is 3. The zero-order valence-corrected chi connectivity index (χ0v) is 17.8. The number of nitrogens with two attached hydrogens (primary N) is 2. The molecule has 5 N–H and O–H groups in total. The number of nitrogens with zero attached hydrogens (tertiary/aromatic N) is 3. The molecule has 0 unspecified atom stereocenters. The van der Waals surface area contributed by atoms with E-state index in [2.05, 4.69) is 39.9 Å². The van der Waals surface area contributed by atoms with Crippen LogP contribution in [0.25, 0.3) is 22.2 Å². The number of amides is 1. The van der Waals surface area contributed by atoms with Crippen LogP contribution in [0.3, 0.4) is 0 Å². The highest BCUT2D eigenvalue weighted by molar-refractivity contribution is 6.03. The van der Waals surface area contributed by atoms with E-state index in [1.54, 1.807) is 0 Å². The second-order valence-electron chi connectivity index (χ2n) is 8.24. The zero-order chi connectivity index (χ0) is 22.0. The minimum absolute atomic E-state index is 0.0564. The average molecular weight is 421 g/mol. The summed E-state index contributed by atoms with van der Waals surface area (Å²) in [7, 11) is 0. The van der Waals surface area contributed by atoms with Crippen molar-refractivity contribution in [3.63, 3.8) is 0 Å². The summed E-state index contributed by atoms with van der Waals surface area (Å²) in [6, 6.07) is 14.0. The molecule has 1 aliphatic rings. The molecule has 8 heteroatoms. The maximum atomic E-state index is 12.2. The number of benzene rings is 2. The van der Waals surface area contributed by atoms with Gasteiger partial charge >= 0.3 is 0 Å². The molecule has 4 rings (SSSR count). The van der Waals surface area contributed by atoms with Crippen molar-refractivity contribution in [2.24, 2.45) is 22.7 Å². The monoisotopic (exact) mass is 420 g/mol. The number of aromatic nitrogens is 1. The van der Waals surface area contributed by atoms with E-state index in [-0.39, 0.29) is 11.8 Å². The molecule has 0 aliphatic carbocycles. The number of hydrogen-bond acceptors (Lipinski definition) is 6. The molecule has 1 saturated heterocycles. The predicted octanol–water partition coefficient (Wildman–Crippen LogP) is 2.94. The van der Waals surface area contributed by atoms with Gasteiger partial charge in [0.05, 0.1) is 5.39 Å². The number of fused-ring (bicyclic) bond motifs is 1. The molecular formula is C23H28N6O2. The number of hydrazone groups is 1. The number of carbonyl (C=O) groups excluding carboxylic acids is 1. The molecule has 0 bridgehead atoms. The van der Waals surface area contributed by atoms with Crippen molar-refractivity contribution in [3.05, 3.63) is 53.6 Å². The van der Waals surface area contributed by atoms with Gasteiger partial charge in [-0.1, -0.05) is 43.3 Å².